The van der Waals surface area contributed by atoms with E-state index in [4.69, 9.17) is 28.3 Å². The second-order valence-corrected chi connectivity index (χ2v) is 4.64. The summed E-state index contributed by atoms with van der Waals surface area (Å²) < 4.78 is 38.7. The van der Waals surface area contributed by atoms with Crippen LogP contribution in [0.2, 0.25) is 0 Å². The van der Waals surface area contributed by atoms with Crippen molar-refractivity contribution in [2.45, 2.75) is 35.3 Å². The van der Waals surface area contributed by atoms with Crippen LogP contribution in [-0.4, -0.2) is 26.6 Å². The molecule has 1 unspecified atom stereocenters. The Balaban J connectivity index is 5.22. The summed E-state index contributed by atoms with van der Waals surface area (Å²) in [5.41, 5.74) is -6.06. The largest absolute Gasteiger partial charge is 0.387 e. The molecule has 1 nitrogen and oxygen atoms in total. The predicted molar refractivity (Wildman–Crippen MR) is 46.4 cm³/mol. The molecule has 0 rings (SSSR count). The van der Waals surface area contributed by atoms with Gasteiger partial charge in [0.15, 0.2) is 4.84 Å². The minimum atomic E-state index is -4.35. The van der Waals surface area contributed by atoms with Crippen LogP contribution in [0.4, 0.5) is 13.2 Å². The first-order valence-electron chi connectivity index (χ1n) is 3.20. The molecule has 0 radical (unpaired) electrons. The number of hydrogen-bond acceptors (Lipinski definition) is 1. The molecule has 0 aliphatic heterocycles. The minimum Gasteiger partial charge on any atom is -0.387 e. The quantitative estimate of drug-likeness (QED) is 0.772. The fourth-order valence-electron chi connectivity index (χ4n) is 0.738. The fourth-order valence-corrected chi connectivity index (χ4v) is 2.00. The van der Waals surface area contributed by atoms with Gasteiger partial charge in [0.05, 0.1) is 0 Å². The topological polar surface area (TPSA) is 20.2 Å². The van der Waals surface area contributed by atoms with Gasteiger partial charge in [0.2, 0.25) is 5.67 Å². The normalized spacial score (nSPS) is 18.9. The number of aliphatic hydroxyl groups is 1. The average molecular weight is 259 g/mol. The summed E-state index contributed by atoms with van der Waals surface area (Å²) in [6.07, 6.45) is 0. The molecule has 7 heteroatoms. The zero-order valence-corrected chi connectivity index (χ0v) is 9.06. The molecule has 80 valence electrons. The van der Waals surface area contributed by atoms with E-state index in [1.54, 1.807) is 0 Å². The molecular formula is C6H8Cl3F3O. The summed E-state index contributed by atoms with van der Waals surface area (Å²) in [6, 6.07) is 0. The van der Waals surface area contributed by atoms with Crippen molar-refractivity contribution < 1.29 is 18.3 Å². The van der Waals surface area contributed by atoms with Crippen LogP contribution in [0.5, 0.6) is 0 Å². The van der Waals surface area contributed by atoms with Crippen LogP contribution in [0.3, 0.4) is 0 Å². The van der Waals surface area contributed by atoms with Crippen molar-refractivity contribution in [2.24, 2.45) is 0 Å². The Morgan fingerprint density at radius 3 is 1.46 bits per heavy atom. The molecule has 0 spiro atoms. The second-order valence-electron chi connectivity index (χ2n) is 3.07. The van der Waals surface area contributed by atoms with Crippen molar-refractivity contribution in [1.82, 2.24) is 0 Å². The summed E-state index contributed by atoms with van der Waals surface area (Å²) in [5.74, 6) is 0. The van der Waals surface area contributed by atoms with Gasteiger partial charge in [-0.15, -0.1) is 23.2 Å². The van der Waals surface area contributed by atoms with Gasteiger partial charge in [-0.2, -0.15) is 8.78 Å². The van der Waals surface area contributed by atoms with Gasteiger partial charge in [-0.3, -0.25) is 0 Å². The van der Waals surface area contributed by atoms with Crippen LogP contribution < -0.4 is 0 Å². The Hall–Kier alpha value is 0.620. The lowest BCUT2D eigenvalue weighted by molar-refractivity contribution is -0.168. The zero-order valence-electron chi connectivity index (χ0n) is 6.79. The highest BCUT2D eigenvalue weighted by atomic mass is 35.5. The maximum Gasteiger partial charge on any atom is 0.360 e. The van der Waals surface area contributed by atoms with Crippen LogP contribution in [0.25, 0.3) is 0 Å². The van der Waals surface area contributed by atoms with Crippen molar-refractivity contribution in [3.8, 4) is 0 Å². The first-order valence-corrected chi connectivity index (χ1v) is 4.46. The van der Waals surface area contributed by atoms with Crippen LogP contribution in [-0.2, 0) is 0 Å². The van der Waals surface area contributed by atoms with E-state index >= 15 is 0 Å². The Labute approximate surface area is 88.8 Å². The predicted octanol–water partition coefficient (Wildman–Crippen LogP) is 3.10. The molecule has 1 atom stereocenters. The van der Waals surface area contributed by atoms with Gasteiger partial charge < -0.3 is 5.11 Å². The lowest BCUT2D eigenvalue weighted by Crippen LogP contribution is -2.60. The van der Waals surface area contributed by atoms with Crippen molar-refractivity contribution in [3.63, 3.8) is 0 Å². The molecule has 0 aromatic carbocycles. The number of hydrogen-bond donors (Lipinski definition) is 1. The molecule has 0 fully saturated rings. The van der Waals surface area contributed by atoms with E-state index in [2.05, 4.69) is 11.6 Å². The monoisotopic (exact) mass is 258 g/mol. The van der Waals surface area contributed by atoms with Crippen LogP contribution in [0, 0.1) is 0 Å². The van der Waals surface area contributed by atoms with Gasteiger partial charge >= 0.3 is 5.38 Å². The minimum absolute atomic E-state index is 0.807. The van der Waals surface area contributed by atoms with Crippen molar-refractivity contribution in [1.29, 1.82) is 0 Å². The molecule has 0 aliphatic rings. The Kier molecular flexibility index (Phi) is 3.82. The molecule has 0 aromatic heterocycles. The van der Waals surface area contributed by atoms with Gasteiger partial charge in [0.25, 0.3) is 0 Å². The van der Waals surface area contributed by atoms with E-state index < -0.39 is 21.5 Å². The maximum absolute atomic E-state index is 13.5. The highest BCUT2D eigenvalue weighted by Crippen LogP contribution is 2.48. The smallest absolute Gasteiger partial charge is 0.360 e. The van der Waals surface area contributed by atoms with Gasteiger partial charge in [0, 0.05) is 0 Å². The molecular weight excluding hydrogens is 251 g/mol. The van der Waals surface area contributed by atoms with Crippen LogP contribution in [0.1, 0.15) is 13.8 Å². The van der Waals surface area contributed by atoms with E-state index in [9.17, 15) is 13.2 Å². The molecule has 1 N–H and O–H groups in total. The molecule has 13 heavy (non-hydrogen) atoms. The summed E-state index contributed by atoms with van der Waals surface area (Å²) in [6.45, 7) is 1.61. The third-order valence-electron chi connectivity index (χ3n) is 1.60. The van der Waals surface area contributed by atoms with E-state index in [-0.39, 0.29) is 0 Å². The first-order chi connectivity index (χ1) is 5.44. The SMILES string of the molecule is CC(C)(O)C(F)(C(Cl)Cl)C(F)(F)Cl. The second kappa shape index (κ2) is 3.65. The molecule has 0 aliphatic carbocycles. The standard InChI is InChI=1S/C6H8Cl3F3O/c1-4(2,13)5(10,3(7)8)6(9,11)12/h3,13H,1-2H3. The maximum atomic E-state index is 13.5. The van der Waals surface area contributed by atoms with Crippen LogP contribution in [0.15, 0.2) is 0 Å². The molecule has 0 bridgehead atoms. The highest BCUT2D eigenvalue weighted by Gasteiger charge is 2.66. The van der Waals surface area contributed by atoms with Crippen molar-refractivity contribution >= 4 is 34.8 Å². The molecule has 0 aromatic rings. The average Bonchev–Trinajstić information content (AvgIpc) is 1.80. The highest BCUT2D eigenvalue weighted by molar-refractivity contribution is 6.45. The fraction of sp³-hybridized carbons (Fsp3) is 1.00. The van der Waals surface area contributed by atoms with E-state index in [0.29, 0.717) is 0 Å². The summed E-state index contributed by atoms with van der Waals surface area (Å²) >= 11 is 14.5. The van der Waals surface area contributed by atoms with Gasteiger partial charge in [-0.1, -0.05) is 0 Å². The third-order valence-corrected chi connectivity index (χ3v) is 2.48. The third kappa shape index (κ3) is 2.35. The lowest BCUT2D eigenvalue weighted by Gasteiger charge is -2.39. The summed E-state index contributed by atoms with van der Waals surface area (Å²) in [5, 5.41) is 4.79. The number of alkyl halides is 6. The molecule has 0 amide bonds. The van der Waals surface area contributed by atoms with Gasteiger partial charge in [0.1, 0.15) is 5.60 Å². The van der Waals surface area contributed by atoms with Crippen molar-refractivity contribution in [2.75, 3.05) is 0 Å². The molecule has 0 saturated heterocycles. The van der Waals surface area contributed by atoms with E-state index in [0.717, 1.165) is 13.8 Å². The molecule has 0 saturated carbocycles. The van der Waals surface area contributed by atoms with Gasteiger partial charge in [-0.05, 0) is 25.4 Å². The molecule has 0 heterocycles. The van der Waals surface area contributed by atoms with Crippen LogP contribution >= 0.6 is 34.8 Å². The lowest BCUT2D eigenvalue weighted by atomic mass is 9.89. The van der Waals surface area contributed by atoms with E-state index in [1.807, 2.05) is 0 Å². The van der Waals surface area contributed by atoms with E-state index in [1.165, 1.54) is 0 Å². The Bertz CT molecular complexity index is 171. The Morgan fingerprint density at radius 1 is 1.15 bits per heavy atom. The summed E-state index contributed by atoms with van der Waals surface area (Å²) in [4.78, 5) is -2.14. The van der Waals surface area contributed by atoms with Gasteiger partial charge in [-0.25, -0.2) is 4.39 Å². The first kappa shape index (κ1) is 13.6. The zero-order chi connectivity index (χ0) is 11.1. The number of halogens is 6. The number of rotatable bonds is 3. The summed E-state index contributed by atoms with van der Waals surface area (Å²) in [7, 11) is 0. The Morgan fingerprint density at radius 2 is 1.46 bits per heavy atom. The van der Waals surface area contributed by atoms with Crippen molar-refractivity contribution in [3.05, 3.63) is 0 Å².